The zero-order chi connectivity index (χ0) is 15.2. The van der Waals surface area contributed by atoms with Gasteiger partial charge in [0.1, 0.15) is 0 Å². The summed E-state index contributed by atoms with van der Waals surface area (Å²) in [6.07, 6.45) is 3.47. The van der Waals surface area contributed by atoms with Crippen LogP contribution in [-0.4, -0.2) is 48.9 Å². The molecule has 22 heavy (non-hydrogen) atoms. The van der Waals surface area contributed by atoms with Crippen molar-refractivity contribution in [3.8, 4) is 0 Å². The third kappa shape index (κ3) is 6.05. The highest BCUT2D eigenvalue weighted by Gasteiger charge is 2.22. The van der Waals surface area contributed by atoms with Crippen LogP contribution in [0.15, 0.2) is 12.1 Å². The van der Waals surface area contributed by atoms with Crippen LogP contribution in [-0.2, 0) is 11.3 Å². The molecule has 0 radical (unpaired) electrons. The van der Waals surface area contributed by atoms with E-state index in [9.17, 15) is 4.79 Å². The maximum Gasteiger partial charge on any atom is 0.236 e. The molecule has 7 heteroatoms. The summed E-state index contributed by atoms with van der Waals surface area (Å²) >= 11 is 7.45. The number of carbonyl (C=O) groups excluding carboxylic acids is 1. The SMILES string of the molecule is CN(Cc1ccc(Cl)s1)C(=O)CN1CCCC(CCN)C1.Cl. The van der Waals surface area contributed by atoms with E-state index in [0.717, 1.165) is 35.3 Å². The van der Waals surface area contributed by atoms with Crippen molar-refractivity contribution in [2.75, 3.05) is 33.2 Å². The number of rotatable bonds is 6. The van der Waals surface area contributed by atoms with E-state index >= 15 is 0 Å². The zero-order valence-corrected chi connectivity index (χ0v) is 15.4. The maximum atomic E-state index is 12.3. The number of carbonyl (C=O) groups is 1. The molecule has 126 valence electrons. The van der Waals surface area contributed by atoms with Crippen molar-refractivity contribution in [3.05, 3.63) is 21.3 Å². The minimum Gasteiger partial charge on any atom is -0.340 e. The molecule has 2 heterocycles. The molecule has 1 amide bonds. The predicted molar refractivity (Wildman–Crippen MR) is 95.9 cm³/mol. The molecule has 0 saturated carbocycles. The van der Waals surface area contributed by atoms with Crippen molar-refractivity contribution in [2.24, 2.45) is 11.7 Å². The van der Waals surface area contributed by atoms with Gasteiger partial charge in [-0.15, -0.1) is 23.7 Å². The van der Waals surface area contributed by atoms with E-state index in [1.165, 1.54) is 24.2 Å². The Morgan fingerprint density at radius 1 is 1.55 bits per heavy atom. The number of likely N-dealkylation sites (N-methyl/N-ethyl adjacent to an activating group) is 1. The van der Waals surface area contributed by atoms with Crippen molar-refractivity contribution in [2.45, 2.75) is 25.8 Å². The lowest BCUT2D eigenvalue weighted by atomic mass is 9.95. The molecular formula is C15H25Cl2N3OS. The largest absolute Gasteiger partial charge is 0.340 e. The van der Waals surface area contributed by atoms with Crippen molar-refractivity contribution in [1.82, 2.24) is 9.80 Å². The van der Waals surface area contributed by atoms with Crippen LogP contribution in [0, 0.1) is 5.92 Å². The van der Waals surface area contributed by atoms with Crippen molar-refractivity contribution < 1.29 is 4.79 Å². The number of thiophene rings is 1. The maximum absolute atomic E-state index is 12.3. The van der Waals surface area contributed by atoms with Crippen LogP contribution in [0.1, 0.15) is 24.1 Å². The lowest BCUT2D eigenvalue weighted by molar-refractivity contribution is -0.132. The van der Waals surface area contributed by atoms with Crippen LogP contribution >= 0.6 is 35.3 Å². The summed E-state index contributed by atoms with van der Waals surface area (Å²) in [5, 5.41) is 0. The van der Waals surface area contributed by atoms with Gasteiger partial charge in [0.2, 0.25) is 5.91 Å². The molecule has 1 aromatic rings. The van der Waals surface area contributed by atoms with Gasteiger partial charge >= 0.3 is 0 Å². The normalized spacial score (nSPS) is 18.8. The molecule has 0 spiro atoms. The number of likely N-dealkylation sites (tertiary alicyclic amines) is 1. The van der Waals surface area contributed by atoms with Crippen molar-refractivity contribution in [1.29, 1.82) is 0 Å². The first-order valence-corrected chi connectivity index (χ1v) is 8.68. The van der Waals surface area contributed by atoms with Gasteiger partial charge in [-0.05, 0) is 50.4 Å². The first-order valence-electron chi connectivity index (χ1n) is 7.49. The standard InChI is InChI=1S/C15H24ClN3OS.ClH/c1-18(10-13-4-5-14(16)21-13)15(20)11-19-8-2-3-12(9-19)6-7-17;/h4-5,12H,2-3,6-11,17H2,1H3;1H. The zero-order valence-electron chi connectivity index (χ0n) is 13.0. The Morgan fingerprint density at radius 3 is 2.95 bits per heavy atom. The molecule has 1 aromatic heterocycles. The predicted octanol–water partition coefficient (Wildman–Crippen LogP) is 2.84. The van der Waals surface area contributed by atoms with Crippen molar-refractivity contribution in [3.63, 3.8) is 0 Å². The third-order valence-corrected chi connectivity index (χ3v) is 5.20. The molecule has 0 bridgehead atoms. The smallest absolute Gasteiger partial charge is 0.236 e. The number of hydrogen-bond donors (Lipinski definition) is 1. The number of nitrogens with zero attached hydrogens (tertiary/aromatic N) is 2. The van der Waals surface area contributed by atoms with Gasteiger partial charge in [-0.1, -0.05) is 11.6 Å². The second kappa shape index (κ2) is 9.73. The summed E-state index contributed by atoms with van der Waals surface area (Å²) in [5.41, 5.74) is 5.64. The van der Waals surface area contributed by atoms with E-state index in [-0.39, 0.29) is 18.3 Å². The highest BCUT2D eigenvalue weighted by Crippen LogP contribution is 2.23. The van der Waals surface area contributed by atoms with Gasteiger partial charge in [0, 0.05) is 18.5 Å². The van der Waals surface area contributed by atoms with Crippen LogP contribution in [0.5, 0.6) is 0 Å². The van der Waals surface area contributed by atoms with E-state index in [1.807, 2.05) is 19.2 Å². The van der Waals surface area contributed by atoms with Crippen LogP contribution in [0.4, 0.5) is 0 Å². The van der Waals surface area contributed by atoms with Gasteiger partial charge in [-0.2, -0.15) is 0 Å². The van der Waals surface area contributed by atoms with E-state index in [4.69, 9.17) is 17.3 Å². The number of halogens is 2. The molecule has 1 unspecified atom stereocenters. The van der Waals surface area contributed by atoms with E-state index < -0.39 is 0 Å². The van der Waals surface area contributed by atoms with E-state index in [0.29, 0.717) is 19.0 Å². The van der Waals surface area contributed by atoms with Crippen molar-refractivity contribution >= 4 is 41.3 Å². The van der Waals surface area contributed by atoms with Crippen LogP contribution < -0.4 is 5.73 Å². The van der Waals surface area contributed by atoms with Crippen LogP contribution in [0.3, 0.4) is 0 Å². The van der Waals surface area contributed by atoms with Gasteiger partial charge < -0.3 is 10.6 Å². The lowest BCUT2D eigenvalue weighted by Gasteiger charge is -2.33. The Labute approximate surface area is 148 Å². The summed E-state index contributed by atoms with van der Waals surface area (Å²) in [6, 6.07) is 3.86. The number of amides is 1. The lowest BCUT2D eigenvalue weighted by Crippen LogP contribution is -2.43. The molecule has 1 atom stereocenters. The molecule has 1 aliphatic rings. The highest BCUT2D eigenvalue weighted by atomic mass is 35.5. The Kier molecular flexibility index (Phi) is 8.72. The number of piperidine rings is 1. The fourth-order valence-corrected chi connectivity index (χ4v) is 3.98. The number of nitrogens with two attached hydrogens (primary N) is 1. The monoisotopic (exact) mass is 365 g/mol. The molecule has 2 N–H and O–H groups in total. The Hall–Kier alpha value is -0.330. The molecule has 4 nitrogen and oxygen atoms in total. The summed E-state index contributed by atoms with van der Waals surface area (Å²) in [6.45, 7) is 3.91. The summed E-state index contributed by atoms with van der Waals surface area (Å²) in [4.78, 5) is 17.5. The topological polar surface area (TPSA) is 49.6 Å². The van der Waals surface area contributed by atoms with Crippen LogP contribution in [0.25, 0.3) is 0 Å². The Morgan fingerprint density at radius 2 is 2.32 bits per heavy atom. The van der Waals surface area contributed by atoms with Crippen LogP contribution in [0.2, 0.25) is 4.34 Å². The van der Waals surface area contributed by atoms with Gasteiger partial charge in [-0.3, -0.25) is 9.69 Å². The first kappa shape index (κ1) is 19.7. The molecule has 1 aliphatic heterocycles. The van der Waals surface area contributed by atoms with E-state index in [1.54, 1.807) is 4.90 Å². The number of hydrogen-bond acceptors (Lipinski definition) is 4. The summed E-state index contributed by atoms with van der Waals surface area (Å²) in [7, 11) is 1.86. The quantitative estimate of drug-likeness (QED) is 0.842. The van der Waals surface area contributed by atoms with E-state index in [2.05, 4.69) is 4.90 Å². The first-order chi connectivity index (χ1) is 10.1. The molecule has 0 aromatic carbocycles. The molecule has 1 fully saturated rings. The Bertz CT molecular complexity index is 467. The minimum atomic E-state index is 0. The average molecular weight is 366 g/mol. The highest BCUT2D eigenvalue weighted by molar-refractivity contribution is 7.16. The second-order valence-corrected chi connectivity index (χ2v) is 7.58. The average Bonchev–Trinajstić information content (AvgIpc) is 2.85. The Balaban J connectivity index is 0.00000242. The summed E-state index contributed by atoms with van der Waals surface area (Å²) < 4.78 is 0.770. The van der Waals surface area contributed by atoms with Gasteiger partial charge in [0.05, 0.1) is 17.4 Å². The van der Waals surface area contributed by atoms with Gasteiger partial charge in [0.15, 0.2) is 0 Å². The third-order valence-electron chi connectivity index (χ3n) is 3.98. The molecule has 0 aliphatic carbocycles. The fourth-order valence-electron chi connectivity index (χ4n) is 2.84. The minimum absolute atomic E-state index is 0. The molecule has 2 rings (SSSR count). The molecule has 1 saturated heterocycles. The summed E-state index contributed by atoms with van der Waals surface area (Å²) in [5.74, 6) is 0.825. The molecular weight excluding hydrogens is 341 g/mol. The second-order valence-electron chi connectivity index (χ2n) is 5.78. The van der Waals surface area contributed by atoms with Gasteiger partial charge in [0.25, 0.3) is 0 Å². The van der Waals surface area contributed by atoms with Gasteiger partial charge in [-0.25, -0.2) is 0 Å². The fraction of sp³-hybridized carbons (Fsp3) is 0.667.